The highest BCUT2D eigenvalue weighted by Crippen LogP contribution is 2.26. The Morgan fingerprint density at radius 2 is 0.892 bits per heavy atom. The van der Waals surface area contributed by atoms with E-state index in [0.29, 0.717) is 19.3 Å². The van der Waals surface area contributed by atoms with Crippen molar-refractivity contribution < 1.29 is 49.3 Å². The summed E-state index contributed by atoms with van der Waals surface area (Å²) in [7, 11) is 0. The van der Waals surface area contributed by atoms with E-state index >= 15 is 0 Å². The summed E-state index contributed by atoms with van der Waals surface area (Å²) in [6, 6.07) is -1.02. The molecule has 11 nitrogen and oxygen atoms in total. The Hall–Kier alpha value is -1.86. The number of ether oxygens (including phenoxy) is 3. The molecule has 8 unspecified atom stereocenters. The van der Waals surface area contributed by atoms with Crippen molar-refractivity contribution in [3.63, 3.8) is 0 Å². The molecule has 0 aromatic carbocycles. The van der Waals surface area contributed by atoms with Crippen molar-refractivity contribution in [2.75, 3.05) is 13.2 Å². The van der Waals surface area contributed by atoms with Crippen molar-refractivity contribution >= 4 is 11.9 Å². The van der Waals surface area contributed by atoms with Gasteiger partial charge in [0.2, 0.25) is 5.91 Å². The van der Waals surface area contributed by atoms with Crippen molar-refractivity contribution in [2.45, 2.75) is 352 Å². The van der Waals surface area contributed by atoms with Crippen LogP contribution < -0.4 is 5.32 Å². The first-order valence-corrected chi connectivity index (χ1v) is 31.6. The van der Waals surface area contributed by atoms with Crippen LogP contribution in [0.5, 0.6) is 0 Å². The average Bonchev–Trinajstić information content (AvgIpc) is 3.40. The Balaban J connectivity index is 2.65. The van der Waals surface area contributed by atoms with Gasteiger partial charge >= 0.3 is 5.97 Å². The number of amides is 1. The standard InChI is InChI=1S/C63H119NO10/c1-4-7-10-13-16-19-22-25-27-28-29-30-31-33-36-39-42-45-48-51-58(68)74-61-60(70)59(69)57(52-65)73-63(61)72-53-54(55(66)49-46-43-40-37-34-24-21-18-15-12-9-6-3)64-62(71)56(67)50-47-44-41-38-35-32-26-23-20-17-14-11-8-5-2/h25,27,46,49,54-57,59-61,63,65-67,69-70H,4-24,26,28-45,47-48,50-53H2,1-3H3,(H,64,71)/b27-25+,49-46+. The zero-order chi connectivity index (χ0) is 54.0. The topological polar surface area (TPSA) is 175 Å². The highest BCUT2D eigenvalue weighted by molar-refractivity contribution is 5.80. The number of hydrogen-bond acceptors (Lipinski definition) is 10. The van der Waals surface area contributed by atoms with Gasteiger partial charge in [-0.3, -0.25) is 9.59 Å². The van der Waals surface area contributed by atoms with Gasteiger partial charge in [0.05, 0.1) is 25.4 Å². The van der Waals surface area contributed by atoms with Crippen LogP contribution in [0.2, 0.25) is 0 Å². The van der Waals surface area contributed by atoms with Crippen molar-refractivity contribution in [2.24, 2.45) is 0 Å². The normalized spacial score (nSPS) is 19.4. The molecular weight excluding hydrogens is 931 g/mol. The predicted molar refractivity (Wildman–Crippen MR) is 306 cm³/mol. The van der Waals surface area contributed by atoms with Gasteiger partial charge in [0.25, 0.3) is 0 Å². The number of aliphatic hydroxyl groups is 5. The van der Waals surface area contributed by atoms with Gasteiger partial charge in [-0.1, -0.05) is 270 Å². The van der Waals surface area contributed by atoms with E-state index in [0.717, 1.165) is 57.8 Å². The zero-order valence-electron chi connectivity index (χ0n) is 48.2. The van der Waals surface area contributed by atoms with Gasteiger partial charge < -0.3 is 45.1 Å². The lowest BCUT2D eigenvalue weighted by atomic mass is 9.99. The Bertz CT molecular complexity index is 1300. The number of esters is 1. The van der Waals surface area contributed by atoms with E-state index in [4.69, 9.17) is 14.2 Å². The van der Waals surface area contributed by atoms with Crippen LogP contribution in [0.4, 0.5) is 0 Å². The third-order valence-corrected chi connectivity index (χ3v) is 15.1. The smallest absolute Gasteiger partial charge is 0.306 e. The lowest BCUT2D eigenvalue weighted by Gasteiger charge is -2.41. The minimum absolute atomic E-state index is 0.125. The quantitative estimate of drug-likeness (QED) is 0.0195. The first kappa shape index (κ1) is 70.2. The molecule has 1 heterocycles. The molecule has 0 radical (unpaired) electrons. The maximum Gasteiger partial charge on any atom is 0.306 e. The van der Waals surface area contributed by atoms with Crippen molar-refractivity contribution in [3.05, 3.63) is 24.3 Å². The van der Waals surface area contributed by atoms with E-state index in [9.17, 15) is 35.1 Å². The molecule has 1 fully saturated rings. The van der Waals surface area contributed by atoms with Gasteiger partial charge in [-0.25, -0.2) is 0 Å². The molecule has 1 rings (SSSR count). The van der Waals surface area contributed by atoms with Gasteiger partial charge in [0.1, 0.15) is 24.4 Å². The second-order valence-corrected chi connectivity index (χ2v) is 22.1. The van der Waals surface area contributed by atoms with Gasteiger partial charge in [-0.05, 0) is 51.4 Å². The minimum Gasteiger partial charge on any atom is -0.454 e. The summed E-state index contributed by atoms with van der Waals surface area (Å²) in [5.41, 5.74) is 0. The molecule has 0 aromatic heterocycles. The van der Waals surface area contributed by atoms with Crippen LogP contribution in [0.1, 0.15) is 303 Å². The van der Waals surface area contributed by atoms with Crippen molar-refractivity contribution in [3.8, 4) is 0 Å². The number of carbonyl (C=O) groups excluding carboxylic acids is 2. The molecule has 1 aliphatic heterocycles. The number of aliphatic hydroxyl groups excluding tert-OH is 5. The number of hydrogen-bond donors (Lipinski definition) is 6. The minimum atomic E-state index is -1.61. The third-order valence-electron chi connectivity index (χ3n) is 15.1. The summed E-state index contributed by atoms with van der Waals surface area (Å²) in [6.45, 7) is 5.81. The summed E-state index contributed by atoms with van der Waals surface area (Å²) in [4.78, 5) is 26.5. The summed E-state index contributed by atoms with van der Waals surface area (Å²) in [6.07, 6.45) is 49.3. The lowest BCUT2D eigenvalue weighted by Crippen LogP contribution is -2.61. The summed E-state index contributed by atoms with van der Waals surface area (Å²) in [5.74, 6) is -1.18. The Labute approximate surface area is 454 Å². The van der Waals surface area contributed by atoms with Crippen LogP contribution in [0.25, 0.3) is 0 Å². The number of carbonyl (C=O) groups is 2. The Morgan fingerprint density at radius 3 is 1.31 bits per heavy atom. The SMILES string of the molecule is CCCCCCCC/C=C/CCCCCCCCCCCC(=O)OC1C(OCC(NC(=O)C(O)CCCCCCCCCCCCCCCC)C(O)/C=C/CCCCCCCCCCCC)OC(CO)C(O)C1O. The highest BCUT2D eigenvalue weighted by atomic mass is 16.7. The van der Waals surface area contributed by atoms with Crippen LogP contribution in [-0.4, -0.2) is 99.6 Å². The monoisotopic (exact) mass is 1050 g/mol. The van der Waals surface area contributed by atoms with Gasteiger partial charge in [-0.15, -0.1) is 0 Å². The van der Waals surface area contributed by atoms with E-state index in [1.807, 2.05) is 6.08 Å². The molecule has 436 valence electrons. The maximum absolute atomic E-state index is 13.4. The average molecular weight is 1050 g/mol. The van der Waals surface area contributed by atoms with Crippen molar-refractivity contribution in [1.29, 1.82) is 0 Å². The number of unbranched alkanes of at least 4 members (excludes halogenated alkanes) is 38. The predicted octanol–water partition coefficient (Wildman–Crippen LogP) is 14.9. The molecular formula is C63H119NO10. The molecule has 1 saturated heterocycles. The van der Waals surface area contributed by atoms with Crippen LogP contribution in [0.3, 0.4) is 0 Å². The lowest BCUT2D eigenvalue weighted by molar-refractivity contribution is -0.305. The first-order valence-electron chi connectivity index (χ1n) is 31.6. The van der Waals surface area contributed by atoms with Crippen LogP contribution >= 0.6 is 0 Å². The molecule has 1 aliphatic rings. The van der Waals surface area contributed by atoms with Crippen LogP contribution in [0, 0.1) is 0 Å². The van der Waals surface area contributed by atoms with Crippen molar-refractivity contribution in [1.82, 2.24) is 5.32 Å². The molecule has 8 atom stereocenters. The number of nitrogens with one attached hydrogen (secondary N) is 1. The molecule has 0 bridgehead atoms. The summed E-state index contributed by atoms with van der Waals surface area (Å²) < 4.78 is 17.6. The van der Waals surface area contributed by atoms with E-state index in [2.05, 4.69) is 38.2 Å². The molecule has 11 heteroatoms. The molecule has 0 spiro atoms. The van der Waals surface area contributed by atoms with Gasteiger partial charge in [0.15, 0.2) is 12.4 Å². The highest BCUT2D eigenvalue weighted by Gasteiger charge is 2.47. The molecule has 0 aliphatic carbocycles. The first-order chi connectivity index (χ1) is 36.2. The number of rotatable bonds is 54. The van der Waals surface area contributed by atoms with E-state index in [1.165, 1.54) is 199 Å². The zero-order valence-corrected chi connectivity index (χ0v) is 48.2. The molecule has 0 saturated carbocycles. The fourth-order valence-corrected chi connectivity index (χ4v) is 10.1. The molecule has 1 amide bonds. The van der Waals surface area contributed by atoms with E-state index in [-0.39, 0.29) is 13.0 Å². The van der Waals surface area contributed by atoms with Gasteiger partial charge in [0, 0.05) is 6.42 Å². The number of allylic oxidation sites excluding steroid dienone is 3. The second kappa shape index (κ2) is 51.9. The summed E-state index contributed by atoms with van der Waals surface area (Å²) in [5, 5.41) is 57.0. The fourth-order valence-electron chi connectivity index (χ4n) is 10.1. The molecule has 6 N–H and O–H groups in total. The molecule has 0 aromatic rings. The molecule has 74 heavy (non-hydrogen) atoms. The third kappa shape index (κ3) is 39.5. The van der Waals surface area contributed by atoms with Gasteiger partial charge in [-0.2, -0.15) is 0 Å². The largest absolute Gasteiger partial charge is 0.454 e. The van der Waals surface area contributed by atoms with E-state index < -0.39 is 67.4 Å². The van der Waals surface area contributed by atoms with E-state index in [1.54, 1.807) is 6.08 Å². The fraction of sp³-hybridized carbons (Fsp3) is 0.905. The summed E-state index contributed by atoms with van der Waals surface area (Å²) >= 11 is 0. The Kier molecular flexibility index (Phi) is 49.2. The Morgan fingerprint density at radius 1 is 0.514 bits per heavy atom. The van der Waals surface area contributed by atoms with Crippen LogP contribution in [0.15, 0.2) is 24.3 Å². The maximum atomic E-state index is 13.4. The second-order valence-electron chi connectivity index (χ2n) is 22.1. The van der Waals surface area contributed by atoms with Crippen LogP contribution in [-0.2, 0) is 23.8 Å².